The fourth-order valence-corrected chi connectivity index (χ4v) is 1.45. The largest absolute Gasteiger partial charge is 0.504 e. The summed E-state index contributed by atoms with van der Waals surface area (Å²) in [5, 5.41) is 19.0. The molecule has 0 atom stereocenters. The van der Waals surface area contributed by atoms with Crippen molar-refractivity contribution in [1.29, 1.82) is 0 Å². The molecular formula is C13H18O3. The van der Waals surface area contributed by atoms with Crippen molar-refractivity contribution in [3.05, 3.63) is 34.9 Å². The molecule has 2 N–H and O–H groups in total. The third-order valence-electron chi connectivity index (χ3n) is 2.35. The molecule has 0 unspecified atom stereocenters. The maximum Gasteiger partial charge on any atom is 0.161 e. The molecule has 0 aromatic heterocycles. The molecular weight excluding hydrogens is 204 g/mol. The van der Waals surface area contributed by atoms with E-state index in [1.807, 2.05) is 19.9 Å². The number of hydrogen-bond donors (Lipinski definition) is 2. The first-order valence-corrected chi connectivity index (χ1v) is 5.21. The Balaban J connectivity index is 3.10. The molecule has 3 heteroatoms. The van der Waals surface area contributed by atoms with E-state index in [0.29, 0.717) is 12.2 Å². The van der Waals surface area contributed by atoms with Gasteiger partial charge in [-0.2, -0.15) is 0 Å². The molecule has 0 amide bonds. The van der Waals surface area contributed by atoms with Gasteiger partial charge >= 0.3 is 0 Å². The molecule has 0 heterocycles. The molecule has 0 aliphatic rings. The van der Waals surface area contributed by atoms with E-state index in [4.69, 9.17) is 9.84 Å². The Hall–Kier alpha value is -1.48. The van der Waals surface area contributed by atoms with E-state index in [9.17, 15) is 5.11 Å². The van der Waals surface area contributed by atoms with Crippen LogP contribution in [0.3, 0.4) is 0 Å². The Labute approximate surface area is 96.0 Å². The van der Waals surface area contributed by atoms with Crippen LogP contribution < -0.4 is 4.74 Å². The maximum absolute atomic E-state index is 9.89. The monoisotopic (exact) mass is 222 g/mol. The van der Waals surface area contributed by atoms with Crippen molar-refractivity contribution in [3.63, 3.8) is 0 Å². The van der Waals surface area contributed by atoms with Crippen LogP contribution in [0, 0.1) is 0 Å². The van der Waals surface area contributed by atoms with E-state index in [1.165, 1.54) is 12.7 Å². The number of phenols is 1. The van der Waals surface area contributed by atoms with Crippen molar-refractivity contribution in [2.75, 3.05) is 7.11 Å². The molecule has 0 aliphatic carbocycles. The quantitative estimate of drug-likeness (QED) is 0.769. The van der Waals surface area contributed by atoms with Gasteiger partial charge in [0.2, 0.25) is 0 Å². The Kier molecular flexibility index (Phi) is 4.38. The van der Waals surface area contributed by atoms with Crippen LogP contribution in [0.5, 0.6) is 11.5 Å². The van der Waals surface area contributed by atoms with E-state index in [0.717, 1.165) is 11.1 Å². The normalized spacial score (nSPS) is 10.0. The second kappa shape index (κ2) is 5.56. The lowest BCUT2D eigenvalue weighted by atomic mass is 10.0. The van der Waals surface area contributed by atoms with Gasteiger partial charge in [-0.1, -0.05) is 11.6 Å². The number of hydrogen-bond acceptors (Lipinski definition) is 3. The van der Waals surface area contributed by atoms with Gasteiger partial charge in [0.1, 0.15) is 0 Å². The SMILES string of the molecule is COc1cc(CO)cc(CC=C(C)C)c1O. The smallest absolute Gasteiger partial charge is 0.161 e. The number of phenolic OH excluding ortho intramolecular Hbond substituents is 1. The van der Waals surface area contributed by atoms with Gasteiger partial charge in [0, 0.05) is 5.56 Å². The average Bonchev–Trinajstić information content (AvgIpc) is 2.27. The number of allylic oxidation sites excluding steroid dienone is 2. The number of benzene rings is 1. The second-order valence-electron chi connectivity index (χ2n) is 3.95. The van der Waals surface area contributed by atoms with Gasteiger partial charge < -0.3 is 14.9 Å². The van der Waals surface area contributed by atoms with Crippen LogP contribution >= 0.6 is 0 Å². The molecule has 0 aliphatic heterocycles. The first kappa shape index (κ1) is 12.6. The molecule has 1 aromatic carbocycles. The first-order valence-electron chi connectivity index (χ1n) is 5.21. The predicted molar refractivity (Wildman–Crippen MR) is 63.7 cm³/mol. The molecule has 0 fully saturated rings. The fourth-order valence-electron chi connectivity index (χ4n) is 1.45. The Morgan fingerprint density at radius 1 is 1.38 bits per heavy atom. The zero-order valence-electron chi connectivity index (χ0n) is 9.95. The Morgan fingerprint density at radius 2 is 2.06 bits per heavy atom. The number of ether oxygens (including phenoxy) is 1. The van der Waals surface area contributed by atoms with E-state index < -0.39 is 0 Å². The molecule has 88 valence electrons. The summed E-state index contributed by atoms with van der Waals surface area (Å²) in [5.74, 6) is 0.556. The van der Waals surface area contributed by atoms with Crippen LogP contribution in [-0.2, 0) is 13.0 Å². The minimum absolute atomic E-state index is 0.0571. The van der Waals surface area contributed by atoms with E-state index in [-0.39, 0.29) is 12.4 Å². The standard InChI is InChI=1S/C13H18O3/c1-9(2)4-5-11-6-10(8-14)7-12(16-3)13(11)15/h4,6-7,14-15H,5,8H2,1-3H3. The topological polar surface area (TPSA) is 49.7 Å². The van der Waals surface area contributed by atoms with E-state index in [2.05, 4.69) is 0 Å². The van der Waals surface area contributed by atoms with Crippen LogP contribution in [-0.4, -0.2) is 17.3 Å². The highest BCUT2D eigenvalue weighted by atomic mass is 16.5. The predicted octanol–water partition coefficient (Wildman–Crippen LogP) is 2.40. The number of aromatic hydroxyl groups is 1. The van der Waals surface area contributed by atoms with Crippen LogP contribution in [0.4, 0.5) is 0 Å². The molecule has 0 radical (unpaired) electrons. The molecule has 16 heavy (non-hydrogen) atoms. The third kappa shape index (κ3) is 3.00. The van der Waals surface area contributed by atoms with Crippen LogP contribution in [0.2, 0.25) is 0 Å². The number of rotatable bonds is 4. The highest BCUT2D eigenvalue weighted by Gasteiger charge is 2.09. The first-order chi connectivity index (χ1) is 7.58. The Bertz CT molecular complexity index is 390. The molecule has 3 nitrogen and oxygen atoms in total. The molecule has 0 bridgehead atoms. The summed E-state index contributed by atoms with van der Waals surface area (Å²) in [7, 11) is 1.50. The van der Waals surface area contributed by atoms with Crippen LogP contribution in [0.15, 0.2) is 23.8 Å². The number of methoxy groups -OCH3 is 1. The van der Waals surface area contributed by atoms with E-state index >= 15 is 0 Å². The molecule has 0 saturated carbocycles. The van der Waals surface area contributed by atoms with Crippen molar-refractivity contribution in [3.8, 4) is 11.5 Å². The zero-order valence-corrected chi connectivity index (χ0v) is 9.95. The molecule has 0 spiro atoms. The van der Waals surface area contributed by atoms with Gasteiger partial charge in [-0.05, 0) is 38.0 Å². The lowest BCUT2D eigenvalue weighted by Gasteiger charge is -2.10. The van der Waals surface area contributed by atoms with E-state index in [1.54, 1.807) is 12.1 Å². The summed E-state index contributed by atoms with van der Waals surface area (Å²) < 4.78 is 5.05. The van der Waals surface area contributed by atoms with Crippen molar-refractivity contribution < 1.29 is 14.9 Å². The molecule has 1 aromatic rings. The molecule has 1 rings (SSSR count). The minimum atomic E-state index is -0.0571. The maximum atomic E-state index is 9.89. The van der Waals surface area contributed by atoms with Crippen LogP contribution in [0.25, 0.3) is 0 Å². The average molecular weight is 222 g/mol. The highest BCUT2D eigenvalue weighted by Crippen LogP contribution is 2.32. The lowest BCUT2D eigenvalue weighted by Crippen LogP contribution is -1.93. The highest BCUT2D eigenvalue weighted by molar-refractivity contribution is 5.49. The van der Waals surface area contributed by atoms with Crippen molar-refractivity contribution >= 4 is 0 Å². The van der Waals surface area contributed by atoms with Crippen molar-refractivity contribution in [2.45, 2.75) is 26.9 Å². The van der Waals surface area contributed by atoms with Crippen LogP contribution in [0.1, 0.15) is 25.0 Å². The fraction of sp³-hybridized carbons (Fsp3) is 0.385. The van der Waals surface area contributed by atoms with Gasteiger partial charge in [0.25, 0.3) is 0 Å². The summed E-state index contributed by atoms with van der Waals surface area (Å²) in [6.45, 7) is 3.95. The van der Waals surface area contributed by atoms with Gasteiger partial charge in [-0.3, -0.25) is 0 Å². The second-order valence-corrected chi connectivity index (χ2v) is 3.95. The summed E-state index contributed by atoms with van der Waals surface area (Å²) in [4.78, 5) is 0. The molecule has 0 saturated heterocycles. The van der Waals surface area contributed by atoms with Gasteiger partial charge in [0.05, 0.1) is 13.7 Å². The summed E-state index contributed by atoms with van der Waals surface area (Å²) in [5.41, 5.74) is 2.70. The summed E-state index contributed by atoms with van der Waals surface area (Å²) in [6, 6.07) is 3.43. The van der Waals surface area contributed by atoms with Crippen molar-refractivity contribution in [2.24, 2.45) is 0 Å². The third-order valence-corrected chi connectivity index (χ3v) is 2.35. The van der Waals surface area contributed by atoms with Crippen molar-refractivity contribution in [1.82, 2.24) is 0 Å². The minimum Gasteiger partial charge on any atom is -0.504 e. The zero-order chi connectivity index (χ0) is 12.1. The Morgan fingerprint density at radius 3 is 2.56 bits per heavy atom. The lowest BCUT2D eigenvalue weighted by molar-refractivity contribution is 0.280. The van der Waals surface area contributed by atoms with Gasteiger partial charge in [-0.25, -0.2) is 0 Å². The number of aliphatic hydroxyl groups excluding tert-OH is 1. The van der Waals surface area contributed by atoms with Gasteiger partial charge in [0.15, 0.2) is 11.5 Å². The summed E-state index contributed by atoms with van der Waals surface area (Å²) in [6.07, 6.45) is 2.66. The summed E-state index contributed by atoms with van der Waals surface area (Å²) >= 11 is 0. The van der Waals surface area contributed by atoms with Gasteiger partial charge in [-0.15, -0.1) is 0 Å². The number of aliphatic hydroxyl groups is 1.